The summed E-state index contributed by atoms with van der Waals surface area (Å²) in [7, 11) is 1.04. The van der Waals surface area contributed by atoms with Crippen molar-refractivity contribution in [3.63, 3.8) is 0 Å². The maximum atomic E-state index is 13.4. The molecule has 3 heterocycles. The van der Waals surface area contributed by atoms with Crippen LogP contribution in [0.15, 0.2) is 35.5 Å². The Hall–Kier alpha value is -2.69. The highest BCUT2D eigenvalue weighted by Crippen LogP contribution is 2.44. The Morgan fingerprint density at radius 3 is 2.46 bits per heavy atom. The minimum absolute atomic E-state index is 0.0583. The van der Waals surface area contributed by atoms with E-state index in [1.165, 1.54) is 30.0 Å². The number of esters is 1. The van der Waals surface area contributed by atoms with E-state index < -0.39 is 16.5 Å². The van der Waals surface area contributed by atoms with Gasteiger partial charge in [0.1, 0.15) is 10.9 Å². The van der Waals surface area contributed by atoms with E-state index in [0.717, 1.165) is 25.7 Å². The van der Waals surface area contributed by atoms with Crippen LogP contribution in [-0.4, -0.2) is 77.3 Å². The third kappa shape index (κ3) is 5.32. The van der Waals surface area contributed by atoms with Crippen molar-refractivity contribution in [2.75, 3.05) is 33.5 Å². The molecule has 0 saturated carbocycles. The number of rotatable bonds is 9. The summed E-state index contributed by atoms with van der Waals surface area (Å²) in [5.74, 6) is -0.712. The third-order valence-corrected chi connectivity index (χ3v) is 7.71. The molecule has 0 aromatic heterocycles. The molecule has 0 bridgehead atoms. The number of allylic oxidation sites excluding steroid dienone is 1. The predicted octanol–water partition coefficient (Wildman–Crippen LogP) is 3.06. The summed E-state index contributed by atoms with van der Waals surface area (Å²) in [5, 5.41) is 11.9. The predicted molar refractivity (Wildman–Crippen MR) is 134 cm³/mol. The number of hydrogen-bond acceptors (Lipinski definition) is 9. The van der Waals surface area contributed by atoms with Crippen molar-refractivity contribution in [3.8, 4) is 0 Å². The van der Waals surface area contributed by atoms with Crippen LogP contribution in [0, 0.1) is 10.1 Å². The molecule has 2 fully saturated rings. The third-order valence-electron chi connectivity index (χ3n) is 6.88. The molecule has 37 heavy (non-hydrogen) atoms. The summed E-state index contributed by atoms with van der Waals surface area (Å²) < 4.78 is 24.6. The Balaban J connectivity index is 1.89. The number of nitro benzene ring substituents is 1. The molecule has 0 amide bonds. The van der Waals surface area contributed by atoms with Gasteiger partial charge in [0, 0.05) is 49.5 Å². The first kappa shape index (κ1) is 27.3. The van der Waals surface area contributed by atoms with Crippen molar-refractivity contribution >= 4 is 31.1 Å². The second-order valence-corrected chi connectivity index (χ2v) is 9.79. The van der Waals surface area contributed by atoms with Gasteiger partial charge in [0.05, 0.1) is 39.3 Å². The van der Waals surface area contributed by atoms with E-state index in [4.69, 9.17) is 23.8 Å². The van der Waals surface area contributed by atoms with E-state index in [2.05, 4.69) is 0 Å². The zero-order chi connectivity index (χ0) is 26.6. The lowest BCUT2D eigenvalue weighted by atomic mass is 9.78. The highest BCUT2D eigenvalue weighted by atomic mass is 31.1. The average molecular weight is 536 g/mol. The van der Waals surface area contributed by atoms with Gasteiger partial charge in [-0.2, -0.15) is 0 Å². The van der Waals surface area contributed by atoms with Crippen LogP contribution in [0.2, 0.25) is 0 Å². The number of methoxy groups -OCH3 is 1. The molecule has 0 spiro atoms. The molecule has 3 unspecified atom stereocenters. The summed E-state index contributed by atoms with van der Waals surface area (Å²) in [5.41, 5.74) is -0.612. The molecule has 4 rings (SSSR count). The fourth-order valence-electron chi connectivity index (χ4n) is 5.08. The fourth-order valence-corrected chi connectivity index (χ4v) is 5.76. The smallest absolute Gasteiger partial charge is 0.344 e. The Morgan fingerprint density at radius 1 is 1.22 bits per heavy atom. The highest BCUT2D eigenvalue weighted by Gasteiger charge is 2.57. The van der Waals surface area contributed by atoms with Crippen molar-refractivity contribution in [2.24, 2.45) is 0 Å². The molecule has 2 saturated heterocycles. The largest absolute Gasteiger partial charge is 0.465 e. The highest BCUT2D eigenvalue weighted by molar-refractivity contribution is 7.38. The summed E-state index contributed by atoms with van der Waals surface area (Å²) in [6.07, 6.45) is 3.14. The first-order valence-corrected chi connectivity index (χ1v) is 13.1. The molecule has 200 valence electrons. The molecular formula is C25H32N2O9P+. The second kappa shape index (κ2) is 11.8. The number of benzene rings is 1. The molecule has 3 aliphatic heterocycles. The van der Waals surface area contributed by atoms with Gasteiger partial charge in [0.25, 0.3) is 5.69 Å². The quantitative estimate of drug-likeness (QED) is 0.167. The van der Waals surface area contributed by atoms with E-state index in [-0.39, 0.29) is 50.4 Å². The van der Waals surface area contributed by atoms with Crippen molar-refractivity contribution in [3.05, 3.63) is 51.2 Å². The lowest BCUT2D eigenvalue weighted by Gasteiger charge is -2.38. The number of non-ortho nitro benzene ring substituents is 1. The van der Waals surface area contributed by atoms with Gasteiger partial charge in [-0.3, -0.25) is 15.0 Å². The minimum atomic E-state index is -1.68. The molecule has 11 nitrogen and oxygen atoms in total. The Kier molecular flexibility index (Phi) is 8.71. The van der Waals surface area contributed by atoms with Crippen LogP contribution in [-0.2, 0) is 34.2 Å². The maximum Gasteiger partial charge on any atom is 0.344 e. The van der Waals surface area contributed by atoms with Gasteiger partial charge >= 0.3 is 5.97 Å². The number of hydrogen-bond donors (Lipinski definition) is 1. The topological polar surface area (TPSA) is 130 Å². The van der Waals surface area contributed by atoms with Gasteiger partial charge in [-0.25, -0.2) is 4.79 Å². The van der Waals surface area contributed by atoms with Crippen LogP contribution in [0.25, 0.3) is 0 Å². The van der Waals surface area contributed by atoms with Crippen molar-refractivity contribution in [1.82, 2.24) is 0 Å². The molecular weight excluding hydrogens is 503 g/mol. The van der Waals surface area contributed by atoms with Gasteiger partial charge < -0.3 is 23.8 Å². The lowest BCUT2D eigenvalue weighted by Crippen LogP contribution is -2.53. The van der Waals surface area contributed by atoms with Gasteiger partial charge in [0.2, 0.25) is 11.4 Å². The number of nitro groups is 1. The van der Waals surface area contributed by atoms with Crippen LogP contribution in [0.5, 0.6) is 0 Å². The number of ether oxygens (including phenoxy) is 4. The summed E-state index contributed by atoms with van der Waals surface area (Å²) in [6, 6.07) is 5.88. The molecule has 1 aromatic carbocycles. The summed E-state index contributed by atoms with van der Waals surface area (Å²) >= 11 is 0. The van der Waals surface area contributed by atoms with Crippen molar-refractivity contribution in [2.45, 2.75) is 57.3 Å². The molecule has 0 aliphatic carbocycles. The molecule has 3 atom stereocenters. The van der Waals surface area contributed by atoms with E-state index >= 15 is 0 Å². The Morgan fingerprint density at radius 2 is 1.89 bits per heavy atom. The van der Waals surface area contributed by atoms with Crippen molar-refractivity contribution in [1.29, 1.82) is 0 Å². The van der Waals surface area contributed by atoms with Crippen LogP contribution < -0.4 is 0 Å². The number of hydroxylamine groups is 1. The summed E-state index contributed by atoms with van der Waals surface area (Å²) in [4.78, 5) is 41.3. The number of carbonyl (C=O) groups excluding carboxylic acids is 1. The van der Waals surface area contributed by atoms with E-state index in [1.54, 1.807) is 19.9 Å². The van der Waals surface area contributed by atoms with Crippen LogP contribution in [0.1, 0.15) is 45.1 Å². The fraction of sp³-hybridized carbons (Fsp3) is 0.560. The monoisotopic (exact) mass is 535 g/mol. The second-order valence-electron chi connectivity index (χ2n) is 9.15. The first-order valence-electron chi connectivity index (χ1n) is 12.2. The van der Waals surface area contributed by atoms with E-state index in [0.29, 0.717) is 30.2 Å². The van der Waals surface area contributed by atoms with Crippen LogP contribution in [0.4, 0.5) is 5.69 Å². The zero-order valence-electron chi connectivity index (χ0n) is 21.2. The number of carbonyl (C=O) groups is 1. The molecule has 0 radical (unpaired) electrons. The lowest BCUT2D eigenvalue weighted by molar-refractivity contribution is -0.755. The molecule has 1 N–H and O–H groups in total. The molecule has 3 aliphatic rings. The Labute approximate surface area is 216 Å². The van der Waals surface area contributed by atoms with Gasteiger partial charge in [-0.15, -0.1) is 0 Å². The average Bonchev–Trinajstić information content (AvgIpc) is 3.61. The van der Waals surface area contributed by atoms with Crippen molar-refractivity contribution < 1.29 is 43.1 Å². The molecule has 1 aromatic rings. The number of nitrogens with zero attached hydrogens (tertiary/aromatic N) is 2. The molecule has 12 heteroatoms. The van der Waals surface area contributed by atoms with Gasteiger partial charge in [-0.05, 0) is 25.7 Å². The first-order chi connectivity index (χ1) is 17.8. The Bertz CT molecular complexity index is 1140. The minimum Gasteiger partial charge on any atom is -0.465 e. The van der Waals surface area contributed by atoms with Gasteiger partial charge in [-0.1, -0.05) is 12.1 Å². The van der Waals surface area contributed by atoms with Gasteiger partial charge in [0.15, 0.2) is 12.2 Å². The standard InChI is InChI=1S/C25H31N2O9P/c1-16-22(24(28)32-3)25(35-14-20-9-5-11-33-20,18-7-4-8-19(13-18)27(29)30)23(37-31)17(2)26(16)36-15-21-10-6-12-34-21/h4,7-8,13,20-21H,5-6,9-12,14-15H2,1-3H3/p+1. The van der Waals surface area contributed by atoms with E-state index in [9.17, 15) is 19.8 Å². The van der Waals surface area contributed by atoms with Crippen LogP contribution >= 0.6 is 8.43 Å². The maximum absolute atomic E-state index is 13.4. The normalized spacial score (nSPS) is 27.2. The zero-order valence-corrected chi connectivity index (χ0v) is 22.1. The SMILES string of the molecule is COC(=O)C1=C(C)[N+](OCC2CCCO2)=C(C)C(=PO)C1(OCC1CCCO1)c1cccc([N+](=O)[O-])c1. The van der Waals surface area contributed by atoms with Crippen LogP contribution in [0.3, 0.4) is 0 Å². The van der Waals surface area contributed by atoms with E-state index in [1.807, 2.05) is 0 Å². The summed E-state index contributed by atoms with van der Waals surface area (Å²) in [6.45, 7) is 5.05.